The molecule has 0 aliphatic heterocycles. The lowest BCUT2D eigenvalue weighted by Crippen LogP contribution is -2.08. The zero-order valence-electron chi connectivity index (χ0n) is 14.9. The fourth-order valence-electron chi connectivity index (χ4n) is 2.59. The van der Waals surface area contributed by atoms with Crippen molar-refractivity contribution in [1.82, 2.24) is 15.0 Å². The van der Waals surface area contributed by atoms with Crippen molar-refractivity contribution in [3.63, 3.8) is 0 Å². The second-order valence-corrected chi connectivity index (χ2v) is 9.07. The van der Waals surface area contributed by atoms with E-state index >= 15 is 0 Å². The number of hydrogen-bond donors (Lipinski definition) is 4. The summed E-state index contributed by atoms with van der Waals surface area (Å²) in [5.41, 5.74) is 5.98. The van der Waals surface area contributed by atoms with E-state index in [0.29, 0.717) is 5.69 Å². The number of halogens is 1. The maximum absolute atomic E-state index is 11.5. The normalized spacial score (nSPS) is 12.0. The summed E-state index contributed by atoms with van der Waals surface area (Å²) in [6, 6.07) is 9.44. The summed E-state index contributed by atoms with van der Waals surface area (Å²) in [6.07, 6.45) is -0.0727. The Bertz CT molecular complexity index is 1330. The molecule has 3 aromatic rings. The van der Waals surface area contributed by atoms with Gasteiger partial charge in [-0.15, -0.1) is 0 Å². The smallest absolute Gasteiger partial charge is 0.296 e. The van der Waals surface area contributed by atoms with E-state index in [1.807, 2.05) is 0 Å². The van der Waals surface area contributed by atoms with E-state index in [-0.39, 0.29) is 39.6 Å². The molecule has 30 heavy (non-hydrogen) atoms. The van der Waals surface area contributed by atoms with Gasteiger partial charge in [0.05, 0.1) is 10.6 Å². The molecule has 0 radical (unpaired) electrons. The molecule has 0 saturated heterocycles. The van der Waals surface area contributed by atoms with E-state index in [9.17, 15) is 21.4 Å². The summed E-state index contributed by atoms with van der Waals surface area (Å²) in [6.45, 7) is 0. The molecule has 2 aromatic carbocycles. The lowest BCUT2D eigenvalue weighted by Gasteiger charge is -2.10. The average Bonchev–Trinajstić information content (AvgIpc) is 2.59. The van der Waals surface area contributed by atoms with Crippen LogP contribution in [0.25, 0.3) is 0 Å². The molecule has 0 saturated carbocycles. The van der Waals surface area contributed by atoms with Crippen molar-refractivity contribution in [2.45, 2.75) is 16.2 Å². The molecule has 1 heterocycles. The molecule has 0 unspecified atom stereocenters. The first-order chi connectivity index (χ1) is 13.9. The number of nitrogens with two attached hydrogens (primary N) is 1. The van der Waals surface area contributed by atoms with Gasteiger partial charge in [0.25, 0.3) is 20.2 Å². The summed E-state index contributed by atoms with van der Waals surface area (Å²) in [4.78, 5) is 11.3. The van der Waals surface area contributed by atoms with Crippen molar-refractivity contribution < 1.29 is 25.9 Å². The fraction of sp³-hybridized carbons (Fsp3) is 0.0625. The Hall–Kier alpha value is -2.84. The van der Waals surface area contributed by atoms with Crippen molar-refractivity contribution in [2.24, 2.45) is 0 Å². The lowest BCUT2D eigenvalue weighted by atomic mass is 10.1. The predicted molar refractivity (Wildman–Crippen MR) is 108 cm³/mol. The van der Waals surface area contributed by atoms with E-state index < -0.39 is 25.1 Å². The fourth-order valence-corrected chi connectivity index (χ4v) is 4.08. The monoisotopic (exact) mass is 471 g/mol. The van der Waals surface area contributed by atoms with Crippen LogP contribution in [0, 0.1) is 0 Å². The minimum Gasteiger partial charge on any atom is -0.398 e. The van der Waals surface area contributed by atoms with Gasteiger partial charge in [0.15, 0.2) is 0 Å². The van der Waals surface area contributed by atoms with Crippen LogP contribution in [0.3, 0.4) is 0 Å². The highest BCUT2D eigenvalue weighted by Crippen LogP contribution is 2.24. The van der Waals surface area contributed by atoms with Gasteiger partial charge in [-0.1, -0.05) is 18.2 Å². The number of nitrogen functional groups attached to an aromatic ring is 1. The third kappa shape index (κ3) is 5.20. The highest BCUT2D eigenvalue weighted by atomic mass is 35.5. The number of hydrogen-bond acceptors (Lipinski definition) is 9. The first-order valence-electron chi connectivity index (χ1n) is 8.03. The van der Waals surface area contributed by atoms with Gasteiger partial charge in [-0.05, 0) is 41.4 Å². The number of nitrogens with zero attached hydrogens (tertiary/aromatic N) is 3. The third-order valence-corrected chi connectivity index (χ3v) is 5.85. The zero-order valence-corrected chi connectivity index (χ0v) is 17.3. The van der Waals surface area contributed by atoms with Crippen LogP contribution < -0.4 is 11.1 Å². The molecule has 0 atom stereocenters. The Labute approximate surface area is 176 Å². The van der Waals surface area contributed by atoms with Crippen LogP contribution in [0.2, 0.25) is 5.28 Å². The molecule has 0 bridgehead atoms. The highest BCUT2D eigenvalue weighted by molar-refractivity contribution is 7.86. The molecule has 158 valence electrons. The molecule has 0 amide bonds. The number of aromatic nitrogens is 3. The molecule has 0 aliphatic rings. The van der Waals surface area contributed by atoms with Gasteiger partial charge in [-0.25, -0.2) is 4.98 Å². The highest BCUT2D eigenvalue weighted by Gasteiger charge is 2.17. The number of rotatable bonds is 6. The molecular weight excluding hydrogens is 458 g/mol. The average molecular weight is 472 g/mol. The van der Waals surface area contributed by atoms with E-state index in [1.54, 1.807) is 6.07 Å². The Balaban J connectivity index is 1.91. The van der Waals surface area contributed by atoms with Gasteiger partial charge >= 0.3 is 0 Å². The Morgan fingerprint density at radius 1 is 0.933 bits per heavy atom. The lowest BCUT2D eigenvalue weighted by molar-refractivity contribution is 0.480. The van der Waals surface area contributed by atoms with Gasteiger partial charge in [0.1, 0.15) is 10.7 Å². The first-order valence-corrected chi connectivity index (χ1v) is 11.3. The van der Waals surface area contributed by atoms with Crippen LogP contribution in [0.5, 0.6) is 0 Å². The molecule has 3 rings (SSSR count). The number of benzene rings is 2. The first kappa shape index (κ1) is 21.9. The van der Waals surface area contributed by atoms with Crippen LogP contribution in [0.1, 0.15) is 11.4 Å². The van der Waals surface area contributed by atoms with Gasteiger partial charge in [0.2, 0.25) is 11.2 Å². The van der Waals surface area contributed by atoms with Crippen molar-refractivity contribution in [1.29, 1.82) is 0 Å². The van der Waals surface area contributed by atoms with Gasteiger partial charge in [0, 0.05) is 12.1 Å². The van der Waals surface area contributed by atoms with Gasteiger partial charge < -0.3 is 11.1 Å². The largest absolute Gasteiger partial charge is 0.398 e. The molecule has 1 aromatic heterocycles. The summed E-state index contributed by atoms with van der Waals surface area (Å²) in [5.74, 6) is 0.0875. The van der Waals surface area contributed by atoms with Crippen LogP contribution in [0.15, 0.2) is 52.3 Å². The quantitative estimate of drug-likeness (QED) is 0.304. The molecule has 11 nitrogen and oxygen atoms in total. The molecule has 0 fully saturated rings. The third-order valence-electron chi connectivity index (χ3n) is 3.80. The van der Waals surface area contributed by atoms with Crippen LogP contribution in [-0.4, -0.2) is 40.9 Å². The number of nitrogens with one attached hydrogen (secondary N) is 1. The molecule has 14 heteroatoms. The summed E-state index contributed by atoms with van der Waals surface area (Å²) in [7, 11) is -8.92. The summed E-state index contributed by atoms with van der Waals surface area (Å²) < 4.78 is 64.0. The van der Waals surface area contributed by atoms with Crippen molar-refractivity contribution in [3.05, 3.63) is 59.1 Å². The topological polar surface area (TPSA) is 185 Å². The number of anilines is 3. The standard InChI is InChI=1S/C16H14ClN5O6S2/c17-15-20-14(7-9-3-1-2-4-12(9)29(23,24)25)21-16(22-15)19-10-5-6-13(11(18)8-10)30(26,27)28/h1-6,8H,7,18H2,(H,23,24,25)(H,26,27,28)(H,19,20,21,22). The minimum atomic E-state index is -4.47. The Morgan fingerprint density at radius 2 is 1.60 bits per heavy atom. The molecular formula is C16H14ClN5O6S2. The van der Waals surface area contributed by atoms with E-state index in [2.05, 4.69) is 20.3 Å². The Morgan fingerprint density at radius 3 is 2.23 bits per heavy atom. The second kappa shape index (κ2) is 8.12. The van der Waals surface area contributed by atoms with Crippen LogP contribution in [-0.2, 0) is 26.7 Å². The maximum Gasteiger partial charge on any atom is 0.296 e. The van der Waals surface area contributed by atoms with Crippen LogP contribution in [0.4, 0.5) is 17.3 Å². The SMILES string of the molecule is Nc1cc(Nc2nc(Cl)nc(Cc3ccccc3S(=O)(=O)O)n2)ccc1S(=O)(=O)O. The Kier molecular flexibility index (Phi) is 5.92. The molecule has 0 spiro atoms. The van der Waals surface area contributed by atoms with E-state index in [1.165, 1.54) is 30.3 Å². The zero-order chi connectivity index (χ0) is 22.1. The summed E-state index contributed by atoms with van der Waals surface area (Å²) >= 11 is 5.92. The predicted octanol–water partition coefficient (Wildman–Crippen LogP) is 1.94. The summed E-state index contributed by atoms with van der Waals surface area (Å²) in [5, 5.41) is 2.58. The van der Waals surface area contributed by atoms with Gasteiger partial charge in [-0.2, -0.15) is 26.8 Å². The van der Waals surface area contributed by atoms with Crippen molar-refractivity contribution in [3.8, 4) is 0 Å². The van der Waals surface area contributed by atoms with E-state index in [4.69, 9.17) is 21.9 Å². The minimum absolute atomic E-state index is 0.0201. The molecule has 0 aliphatic carbocycles. The second-order valence-electron chi connectivity index (χ2n) is 5.96. The molecule has 5 N–H and O–H groups in total. The maximum atomic E-state index is 11.5. The van der Waals surface area contributed by atoms with Crippen LogP contribution >= 0.6 is 11.6 Å². The van der Waals surface area contributed by atoms with Crippen molar-refractivity contribution >= 4 is 49.2 Å². The van der Waals surface area contributed by atoms with Gasteiger partial charge in [-0.3, -0.25) is 9.11 Å². The van der Waals surface area contributed by atoms with Crippen molar-refractivity contribution in [2.75, 3.05) is 11.1 Å². The van der Waals surface area contributed by atoms with E-state index in [0.717, 1.165) is 6.07 Å².